The predicted octanol–water partition coefficient (Wildman–Crippen LogP) is 2.42. The lowest BCUT2D eigenvalue weighted by Crippen LogP contribution is -2.46. The third-order valence-corrected chi connectivity index (χ3v) is 6.61. The molecule has 4 heterocycles. The lowest BCUT2D eigenvalue weighted by Gasteiger charge is -2.36. The van der Waals surface area contributed by atoms with Gasteiger partial charge in [-0.25, -0.2) is 4.98 Å². The van der Waals surface area contributed by atoms with Crippen LogP contribution in [0.2, 0.25) is 0 Å². The van der Waals surface area contributed by atoms with Gasteiger partial charge in [-0.05, 0) is 56.8 Å². The minimum absolute atomic E-state index is 0.00200. The molecule has 160 valence electrons. The molecule has 2 aliphatic heterocycles. The number of likely N-dealkylation sites (tertiary alicyclic amines) is 2. The zero-order chi connectivity index (χ0) is 20.9. The van der Waals surface area contributed by atoms with Crippen LogP contribution >= 0.6 is 0 Å². The molecule has 2 aromatic heterocycles. The number of carbonyl (C=O) groups is 1. The summed E-state index contributed by atoms with van der Waals surface area (Å²) in [4.78, 5) is 37.7. The molecular formula is C23H31N5O2. The molecule has 0 aromatic carbocycles. The van der Waals surface area contributed by atoms with E-state index >= 15 is 0 Å². The summed E-state index contributed by atoms with van der Waals surface area (Å²) in [6, 6.07) is 5.68. The SMILES string of the molecule is CN1C(=O)CCCCC1CN1CCC(Cn2cnc(-c3ccncc3)cc2=O)CC1. The van der Waals surface area contributed by atoms with Crippen molar-refractivity contribution in [3.63, 3.8) is 0 Å². The molecule has 0 bridgehead atoms. The summed E-state index contributed by atoms with van der Waals surface area (Å²) in [5.74, 6) is 0.774. The first-order valence-electron chi connectivity index (χ1n) is 11.0. The van der Waals surface area contributed by atoms with Crippen LogP contribution in [0.3, 0.4) is 0 Å². The Morgan fingerprint density at radius 3 is 2.53 bits per heavy atom. The van der Waals surface area contributed by atoms with E-state index in [0.29, 0.717) is 24.1 Å². The Bertz CT molecular complexity index is 905. The number of pyridine rings is 1. The number of rotatable bonds is 5. The van der Waals surface area contributed by atoms with Gasteiger partial charge in [0.15, 0.2) is 0 Å². The van der Waals surface area contributed by atoms with Crippen LogP contribution in [0.1, 0.15) is 38.5 Å². The maximum atomic E-state index is 12.6. The smallest absolute Gasteiger partial charge is 0.253 e. The van der Waals surface area contributed by atoms with E-state index in [-0.39, 0.29) is 11.5 Å². The lowest BCUT2D eigenvalue weighted by molar-refractivity contribution is -0.131. The molecule has 0 N–H and O–H groups in total. The number of nitrogens with zero attached hydrogens (tertiary/aromatic N) is 5. The quantitative estimate of drug-likeness (QED) is 0.758. The molecule has 2 fully saturated rings. The highest BCUT2D eigenvalue weighted by Gasteiger charge is 2.27. The molecule has 0 aliphatic carbocycles. The molecule has 0 radical (unpaired) electrons. The first-order valence-corrected chi connectivity index (χ1v) is 11.0. The van der Waals surface area contributed by atoms with Gasteiger partial charge in [0.1, 0.15) is 0 Å². The Balaban J connectivity index is 1.31. The first-order chi connectivity index (χ1) is 14.6. The van der Waals surface area contributed by atoms with Crippen molar-refractivity contribution in [3.8, 4) is 11.3 Å². The largest absolute Gasteiger partial charge is 0.341 e. The van der Waals surface area contributed by atoms with E-state index in [4.69, 9.17) is 0 Å². The highest BCUT2D eigenvalue weighted by atomic mass is 16.2. The van der Waals surface area contributed by atoms with Gasteiger partial charge in [0.25, 0.3) is 5.56 Å². The minimum atomic E-state index is -0.00200. The van der Waals surface area contributed by atoms with E-state index in [1.165, 1.54) is 0 Å². The van der Waals surface area contributed by atoms with Crippen molar-refractivity contribution in [2.45, 2.75) is 51.1 Å². The van der Waals surface area contributed by atoms with Gasteiger partial charge in [-0.2, -0.15) is 0 Å². The Kier molecular flexibility index (Phi) is 6.57. The molecule has 4 rings (SSSR count). The van der Waals surface area contributed by atoms with Crippen LogP contribution in [-0.4, -0.2) is 63.0 Å². The van der Waals surface area contributed by atoms with Crippen LogP contribution in [0.5, 0.6) is 0 Å². The van der Waals surface area contributed by atoms with Gasteiger partial charge >= 0.3 is 0 Å². The maximum absolute atomic E-state index is 12.6. The number of aromatic nitrogens is 3. The fourth-order valence-electron chi connectivity index (χ4n) is 4.61. The van der Waals surface area contributed by atoms with Gasteiger partial charge in [0.05, 0.1) is 12.0 Å². The van der Waals surface area contributed by atoms with Crippen LogP contribution in [0.25, 0.3) is 11.3 Å². The van der Waals surface area contributed by atoms with Crippen LogP contribution in [0.15, 0.2) is 41.7 Å². The van der Waals surface area contributed by atoms with Crippen molar-refractivity contribution in [1.82, 2.24) is 24.3 Å². The summed E-state index contributed by atoms with van der Waals surface area (Å²) < 4.78 is 1.74. The fourth-order valence-corrected chi connectivity index (χ4v) is 4.61. The molecule has 7 nitrogen and oxygen atoms in total. The Morgan fingerprint density at radius 1 is 1.03 bits per heavy atom. The van der Waals surface area contributed by atoms with Crippen molar-refractivity contribution in [1.29, 1.82) is 0 Å². The number of hydrogen-bond acceptors (Lipinski definition) is 5. The molecule has 2 aromatic rings. The maximum Gasteiger partial charge on any atom is 0.253 e. The van der Waals surface area contributed by atoms with Gasteiger partial charge in [-0.1, -0.05) is 6.42 Å². The monoisotopic (exact) mass is 409 g/mol. The van der Waals surface area contributed by atoms with Gasteiger partial charge in [-0.3, -0.25) is 19.1 Å². The summed E-state index contributed by atoms with van der Waals surface area (Å²) in [6.45, 7) is 3.75. The second kappa shape index (κ2) is 9.51. The number of amides is 1. The number of carbonyl (C=O) groups excluding carboxylic acids is 1. The molecule has 2 saturated heterocycles. The lowest BCUT2D eigenvalue weighted by atomic mass is 9.96. The first kappa shape index (κ1) is 20.7. The highest BCUT2D eigenvalue weighted by molar-refractivity contribution is 5.76. The molecule has 2 aliphatic rings. The minimum Gasteiger partial charge on any atom is -0.341 e. The number of hydrogen-bond donors (Lipinski definition) is 0. The van der Waals surface area contributed by atoms with Crippen LogP contribution in [0, 0.1) is 5.92 Å². The summed E-state index contributed by atoms with van der Waals surface area (Å²) in [7, 11) is 1.96. The standard InChI is InChI=1S/C23H31N5O2/c1-26-20(4-2-3-5-22(26)29)16-27-12-8-18(9-13-27)15-28-17-25-21(14-23(28)30)19-6-10-24-11-7-19/h6-7,10-11,14,17-18,20H,2-5,8-9,12-13,15-16H2,1H3. The van der Waals surface area contributed by atoms with Gasteiger partial charge in [0.2, 0.25) is 5.91 Å². The fraction of sp³-hybridized carbons (Fsp3) is 0.565. The van der Waals surface area contributed by atoms with E-state index in [0.717, 1.165) is 63.8 Å². The number of likely N-dealkylation sites (N-methyl/N-ethyl adjacent to an activating group) is 1. The molecular weight excluding hydrogens is 378 g/mol. The molecule has 1 amide bonds. The van der Waals surface area contributed by atoms with Crippen molar-refractivity contribution < 1.29 is 4.79 Å². The van der Waals surface area contributed by atoms with Crippen LogP contribution < -0.4 is 5.56 Å². The zero-order valence-electron chi connectivity index (χ0n) is 17.7. The van der Waals surface area contributed by atoms with Crippen molar-refractivity contribution >= 4 is 5.91 Å². The molecule has 1 unspecified atom stereocenters. The van der Waals surface area contributed by atoms with Crippen molar-refractivity contribution in [2.24, 2.45) is 5.92 Å². The third kappa shape index (κ3) is 4.95. The molecule has 1 atom stereocenters. The van der Waals surface area contributed by atoms with E-state index < -0.39 is 0 Å². The van der Waals surface area contributed by atoms with Gasteiger partial charge in [0, 0.05) is 56.6 Å². The Hall–Kier alpha value is -2.54. The van der Waals surface area contributed by atoms with E-state index in [1.54, 1.807) is 29.4 Å². The Labute approximate surface area is 177 Å². The van der Waals surface area contributed by atoms with Gasteiger partial charge in [-0.15, -0.1) is 0 Å². The summed E-state index contributed by atoms with van der Waals surface area (Å²) >= 11 is 0. The van der Waals surface area contributed by atoms with Crippen molar-refractivity contribution in [3.05, 3.63) is 47.3 Å². The average Bonchev–Trinajstić information content (AvgIpc) is 2.93. The molecule has 0 saturated carbocycles. The summed E-state index contributed by atoms with van der Waals surface area (Å²) in [5, 5.41) is 0. The van der Waals surface area contributed by atoms with E-state index in [9.17, 15) is 9.59 Å². The highest BCUT2D eigenvalue weighted by Crippen LogP contribution is 2.22. The molecule has 30 heavy (non-hydrogen) atoms. The predicted molar refractivity (Wildman–Crippen MR) is 116 cm³/mol. The Morgan fingerprint density at radius 2 is 1.80 bits per heavy atom. The van der Waals surface area contributed by atoms with E-state index in [2.05, 4.69) is 14.9 Å². The zero-order valence-corrected chi connectivity index (χ0v) is 17.7. The summed E-state index contributed by atoms with van der Waals surface area (Å²) in [6.07, 6.45) is 11.2. The normalized spacial score (nSPS) is 21.6. The van der Waals surface area contributed by atoms with E-state index in [1.807, 2.05) is 24.1 Å². The summed E-state index contributed by atoms with van der Waals surface area (Å²) in [5.41, 5.74) is 1.60. The molecule has 7 heteroatoms. The topological polar surface area (TPSA) is 71.3 Å². The third-order valence-electron chi connectivity index (χ3n) is 6.61. The van der Waals surface area contributed by atoms with Crippen molar-refractivity contribution in [2.75, 3.05) is 26.7 Å². The number of piperidine rings is 1. The molecule has 0 spiro atoms. The van der Waals surface area contributed by atoms with Crippen LogP contribution in [-0.2, 0) is 11.3 Å². The van der Waals surface area contributed by atoms with Gasteiger partial charge < -0.3 is 9.80 Å². The second-order valence-electron chi connectivity index (χ2n) is 8.65. The van der Waals surface area contributed by atoms with Crippen LogP contribution in [0.4, 0.5) is 0 Å². The average molecular weight is 410 g/mol. The second-order valence-corrected chi connectivity index (χ2v) is 8.65.